The van der Waals surface area contributed by atoms with E-state index in [1.165, 1.54) is 0 Å². The van der Waals surface area contributed by atoms with Crippen molar-refractivity contribution in [1.29, 1.82) is 0 Å². The number of hydrogen-bond acceptors (Lipinski definition) is 5. The second-order valence-corrected chi connectivity index (χ2v) is 7.03. The van der Waals surface area contributed by atoms with E-state index in [9.17, 15) is 8.42 Å². The third-order valence-electron chi connectivity index (χ3n) is 2.88. The van der Waals surface area contributed by atoms with Crippen LogP contribution in [0.25, 0.3) is 0 Å². The average molecular weight is 285 g/mol. The highest BCUT2D eigenvalue weighted by atomic mass is 32.2. The average Bonchev–Trinajstić information content (AvgIpc) is 2.28. The Hall–Kier alpha value is -1.21. The van der Waals surface area contributed by atoms with Crippen LogP contribution in [0.2, 0.25) is 0 Å². The maximum absolute atomic E-state index is 11.6. The zero-order valence-electron chi connectivity index (χ0n) is 9.80. The van der Waals surface area contributed by atoms with E-state index in [-0.39, 0.29) is 22.5 Å². The Morgan fingerprint density at radius 1 is 1.56 bits per heavy atom. The molecule has 2 heterocycles. The van der Waals surface area contributed by atoms with E-state index >= 15 is 0 Å². The third-order valence-corrected chi connectivity index (χ3v) is 4.92. The van der Waals surface area contributed by atoms with Crippen molar-refractivity contribution in [1.82, 2.24) is 4.98 Å². The molecule has 1 unspecified atom stereocenters. The summed E-state index contributed by atoms with van der Waals surface area (Å²) in [5.74, 6) is 0.975. The van der Waals surface area contributed by atoms with Gasteiger partial charge in [-0.1, -0.05) is 12.2 Å². The molecule has 3 N–H and O–H groups in total. The van der Waals surface area contributed by atoms with Crippen molar-refractivity contribution in [3.8, 4) is 0 Å². The van der Waals surface area contributed by atoms with Crippen LogP contribution < -0.4 is 11.1 Å². The monoisotopic (exact) mass is 285 g/mol. The smallest absolute Gasteiger partial charge is 0.152 e. The van der Waals surface area contributed by atoms with Crippen LogP contribution in [-0.4, -0.2) is 35.9 Å². The third kappa shape index (κ3) is 3.17. The Morgan fingerprint density at radius 3 is 3.00 bits per heavy atom. The number of nitrogens with two attached hydrogens (primary N) is 1. The van der Waals surface area contributed by atoms with Gasteiger partial charge in [0.2, 0.25) is 0 Å². The lowest BCUT2D eigenvalue weighted by Gasteiger charge is -2.24. The fourth-order valence-corrected chi connectivity index (χ4v) is 3.85. The van der Waals surface area contributed by atoms with Gasteiger partial charge in [-0.05, 0) is 25.0 Å². The number of thiocarbonyl (C=S) groups is 1. The number of rotatable bonds is 3. The second-order valence-electron chi connectivity index (χ2n) is 4.36. The van der Waals surface area contributed by atoms with Crippen molar-refractivity contribution in [3.05, 3.63) is 23.9 Å². The summed E-state index contributed by atoms with van der Waals surface area (Å²) in [7, 11) is -2.94. The van der Waals surface area contributed by atoms with Crippen LogP contribution in [0, 0.1) is 0 Å². The molecular weight excluding hydrogens is 270 g/mol. The molecule has 0 radical (unpaired) electrons. The molecule has 5 nitrogen and oxygen atoms in total. The fourth-order valence-electron chi connectivity index (χ4n) is 2.05. The first-order chi connectivity index (χ1) is 8.48. The molecule has 7 heteroatoms. The van der Waals surface area contributed by atoms with Gasteiger partial charge in [0, 0.05) is 12.2 Å². The summed E-state index contributed by atoms with van der Waals surface area (Å²) in [6, 6.07) is 3.40. The molecule has 1 aromatic heterocycles. The molecule has 1 aliphatic rings. The fraction of sp³-hybridized carbons (Fsp3) is 0.455. The van der Waals surface area contributed by atoms with Crippen molar-refractivity contribution in [2.75, 3.05) is 16.8 Å². The topological polar surface area (TPSA) is 85.1 Å². The molecule has 1 saturated heterocycles. The number of sulfone groups is 1. The maximum atomic E-state index is 11.6. The number of hydrogen-bond donors (Lipinski definition) is 2. The summed E-state index contributed by atoms with van der Waals surface area (Å²) < 4.78 is 23.1. The van der Waals surface area contributed by atoms with Crippen LogP contribution in [0.3, 0.4) is 0 Å². The Kier molecular flexibility index (Phi) is 3.82. The van der Waals surface area contributed by atoms with E-state index in [0.717, 1.165) is 6.42 Å². The van der Waals surface area contributed by atoms with Gasteiger partial charge in [-0.2, -0.15) is 0 Å². The lowest BCUT2D eigenvalue weighted by molar-refractivity contribution is 0.561. The summed E-state index contributed by atoms with van der Waals surface area (Å²) >= 11 is 4.94. The first kappa shape index (κ1) is 13.2. The molecule has 1 fully saturated rings. The molecule has 1 atom stereocenters. The van der Waals surface area contributed by atoms with Gasteiger partial charge in [0.25, 0.3) is 0 Å². The Balaban J connectivity index is 2.17. The minimum atomic E-state index is -2.94. The Morgan fingerprint density at radius 2 is 2.33 bits per heavy atom. The summed E-state index contributed by atoms with van der Waals surface area (Å²) in [6.07, 6.45) is 3.11. The van der Waals surface area contributed by atoms with Gasteiger partial charge in [-0.15, -0.1) is 0 Å². The Labute approximate surface area is 112 Å². The highest BCUT2D eigenvalue weighted by molar-refractivity contribution is 7.91. The van der Waals surface area contributed by atoms with Crippen LogP contribution in [-0.2, 0) is 9.84 Å². The number of pyridine rings is 1. The molecule has 2 rings (SSSR count). The van der Waals surface area contributed by atoms with E-state index in [0.29, 0.717) is 17.8 Å². The van der Waals surface area contributed by atoms with Gasteiger partial charge in [0.05, 0.1) is 17.1 Å². The normalized spacial score (nSPS) is 22.3. The van der Waals surface area contributed by atoms with Crippen LogP contribution in [0.15, 0.2) is 18.3 Å². The highest BCUT2D eigenvalue weighted by Crippen LogP contribution is 2.18. The minimum absolute atomic E-state index is 0.119. The van der Waals surface area contributed by atoms with Gasteiger partial charge < -0.3 is 11.1 Å². The molecular formula is C11H15N3O2S2. The largest absolute Gasteiger partial charge is 0.389 e. The van der Waals surface area contributed by atoms with E-state index in [2.05, 4.69) is 10.3 Å². The summed E-state index contributed by atoms with van der Waals surface area (Å²) in [5, 5.41) is 3.13. The first-order valence-electron chi connectivity index (χ1n) is 5.70. The van der Waals surface area contributed by atoms with Gasteiger partial charge in [-0.25, -0.2) is 13.4 Å². The zero-order chi connectivity index (χ0) is 13.2. The van der Waals surface area contributed by atoms with Gasteiger partial charge in [-0.3, -0.25) is 0 Å². The van der Waals surface area contributed by atoms with Crippen LogP contribution in [0.1, 0.15) is 18.4 Å². The van der Waals surface area contributed by atoms with E-state index < -0.39 is 9.84 Å². The molecule has 0 bridgehead atoms. The number of nitrogens with one attached hydrogen (secondary N) is 1. The molecule has 98 valence electrons. The molecule has 0 amide bonds. The summed E-state index contributed by atoms with van der Waals surface area (Å²) in [6.45, 7) is 0. The van der Waals surface area contributed by atoms with E-state index in [1.807, 2.05) is 0 Å². The molecule has 18 heavy (non-hydrogen) atoms. The summed E-state index contributed by atoms with van der Waals surface area (Å²) in [5.41, 5.74) is 6.25. The van der Waals surface area contributed by atoms with Crippen molar-refractivity contribution < 1.29 is 8.42 Å². The van der Waals surface area contributed by atoms with Crippen molar-refractivity contribution in [2.45, 2.75) is 18.9 Å². The quantitative estimate of drug-likeness (QED) is 0.795. The van der Waals surface area contributed by atoms with Crippen LogP contribution >= 0.6 is 12.2 Å². The molecule has 0 spiro atoms. The van der Waals surface area contributed by atoms with E-state index in [1.54, 1.807) is 18.3 Å². The van der Waals surface area contributed by atoms with Gasteiger partial charge >= 0.3 is 0 Å². The highest BCUT2D eigenvalue weighted by Gasteiger charge is 2.25. The van der Waals surface area contributed by atoms with Crippen molar-refractivity contribution >= 4 is 32.9 Å². The lowest BCUT2D eigenvalue weighted by atomic mass is 10.1. The standard InChI is InChI=1S/C11H15N3O2S2/c12-10(17)9-4-1-5-13-11(9)14-8-3-2-6-18(15,16)7-8/h1,4-5,8H,2-3,6-7H2,(H2,12,17)(H,13,14). The van der Waals surface area contributed by atoms with Crippen LogP contribution in [0.4, 0.5) is 5.82 Å². The SMILES string of the molecule is NC(=S)c1cccnc1NC1CCCS(=O)(=O)C1. The van der Waals surface area contributed by atoms with Crippen LogP contribution in [0.5, 0.6) is 0 Å². The lowest BCUT2D eigenvalue weighted by Crippen LogP contribution is -2.35. The maximum Gasteiger partial charge on any atom is 0.152 e. The number of nitrogens with zero attached hydrogens (tertiary/aromatic N) is 1. The van der Waals surface area contributed by atoms with Crippen molar-refractivity contribution in [3.63, 3.8) is 0 Å². The predicted octanol–water partition coefficient (Wildman–Crippen LogP) is 0.705. The van der Waals surface area contributed by atoms with Gasteiger partial charge in [0.1, 0.15) is 10.8 Å². The zero-order valence-corrected chi connectivity index (χ0v) is 11.4. The molecule has 0 saturated carbocycles. The van der Waals surface area contributed by atoms with Gasteiger partial charge in [0.15, 0.2) is 9.84 Å². The molecule has 1 aliphatic heterocycles. The molecule has 0 aliphatic carbocycles. The number of aromatic nitrogens is 1. The molecule has 1 aromatic rings. The number of anilines is 1. The molecule has 0 aromatic carbocycles. The minimum Gasteiger partial charge on any atom is -0.389 e. The van der Waals surface area contributed by atoms with E-state index in [4.69, 9.17) is 18.0 Å². The first-order valence-corrected chi connectivity index (χ1v) is 7.93. The van der Waals surface area contributed by atoms with Crippen molar-refractivity contribution in [2.24, 2.45) is 5.73 Å². The second kappa shape index (κ2) is 5.19. The Bertz CT molecular complexity index is 557. The summed E-state index contributed by atoms with van der Waals surface area (Å²) in [4.78, 5) is 4.42. The predicted molar refractivity (Wildman–Crippen MR) is 75.4 cm³/mol.